The van der Waals surface area contributed by atoms with E-state index in [1.54, 1.807) is 0 Å². The molecule has 0 spiro atoms. The molecule has 0 radical (unpaired) electrons. The maximum Gasteiger partial charge on any atom is 0.00103 e. The third-order valence-corrected chi connectivity index (χ3v) is 3.56. The van der Waals surface area contributed by atoms with Crippen molar-refractivity contribution in [2.45, 2.75) is 58.9 Å². The molecule has 0 bridgehead atoms. The molecule has 0 aromatic rings. The lowest BCUT2D eigenvalue weighted by Gasteiger charge is -2.19. The molecule has 1 fully saturated rings. The highest BCUT2D eigenvalue weighted by molar-refractivity contribution is 4.67. The molecular weight excluding hydrogens is 196 g/mol. The molecular formula is C14H30N2. The van der Waals surface area contributed by atoms with Gasteiger partial charge >= 0.3 is 0 Å². The van der Waals surface area contributed by atoms with Crippen molar-refractivity contribution in [3.05, 3.63) is 0 Å². The molecule has 1 rings (SSSR count). The Balaban J connectivity index is 1.99. The van der Waals surface area contributed by atoms with Crippen molar-refractivity contribution >= 4 is 0 Å². The summed E-state index contributed by atoms with van der Waals surface area (Å²) in [5.41, 5.74) is 0. The fraction of sp³-hybridized carbons (Fsp3) is 1.00. The lowest BCUT2D eigenvalue weighted by molar-refractivity contribution is 0.275. The summed E-state index contributed by atoms with van der Waals surface area (Å²) in [6, 6.07) is 0.638. The summed E-state index contributed by atoms with van der Waals surface area (Å²) in [4.78, 5) is 2.67. The quantitative estimate of drug-likeness (QED) is 0.701. The van der Waals surface area contributed by atoms with E-state index in [0.29, 0.717) is 6.04 Å². The Bertz CT molecular complexity index is 168. The number of rotatable bonds is 6. The van der Waals surface area contributed by atoms with Crippen LogP contribution in [0.5, 0.6) is 0 Å². The first-order valence-electron chi connectivity index (χ1n) is 7.14. The van der Waals surface area contributed by atoms with Gasteiger partial charge in [0.15, 0.2) is 0 Å². The number of unbranched alkanes of at least 4 members (excludes halogenated alkanes) is 1. The number of nitrogens with zero attached hydrogens (tertiary/aromatic N) is 1. The summed E-state index contributed by atoms with van der Waals surface area (Å²) in [6.45, 7) is 12.0. The van der Waals surface area contributed by atoms with Crippen molar-refractivity contribution in [1.29, 1.82) is 0 Å². The van der Waals surface area contributed by atoms with Crippen LogP contribution in [0.3, 0.4) is 0 Å². The number of nitrogens with one attached hydrogen (secondary N) is 1. The van der Waals surface area contributed by atoms with E-state index in [1.165, 1.54) is 58.3 Å². The zero-order chi connectivity index (χ0) is 11.8. The van der Waals surface area contributed by atoms with E-state index in [-0.39, 0.29) is 0 Å². The van der Waals surface area contributed by atoms with Crippen LogP contribution in [-0.2, 0) is 0 Å². The van der Waals surface area contributed by atoms with Crippen LogP contribution >= 0.6 is 0 Å². The molecule has 0 amide bonds. The van der Waals surface area contributed by atoms with Gasteiger partial charge in [-0.3, -0.25) is 0 Å². The smallest absolute Gasteiger partial charge is 0.00103 e. The third-order valence-electron chi connectivity index (χ3n) is 3.56. The standard InChI is InChI=1S/C14H30N2/c1-13(2)15-9-4-5-10-16-11-6-7-14(3)8-12-16/h13-15H,4-12H2,1-3H3. The highest BCUT2D eigenvalue weighted by Crippen LogP contribution is 2.16. The minimum atomic E-state index is 0.638. The Morgan fingerprint density at radius 2 is 2.00 bits per heavy atom. The maximum absolute atomic E-state index is 3.48. The van der Waals surface area contributed by atoms with Gasteiger partial charge in [0, 0.05) is 6.04 Å². The summed E-state index contributed by atoms with van der Waals surface area (Å²) in [5.74, 6) is 0.951. The van der Waals surface area contributed by atoms with E-state index in [0.717, 1.165) is 5.92 Å². The van der Waals surface area contributed by atoms with Gasteiger partial charge in [-0.2, -0.15) is 0 Å². The first kappa shape index (κ1) is 14.0. The molecule has 0 aromatic carbocycles. The Kier molecular flexibility index (Phi) is 7.06. The minimum absolute atomic E-state index is 0.638. The molecule has 1 atom stereocenters. The Morgan fingerprint density at radius 1 is 1.19 bits per heavy atom. The Hall–Kier alpha value is -0.0800. The summed E-state index contributed by atoms with van der Waals surface area (Å²) in [6.07, 6.45) is 6.93. The molecule has 1 aliphatic heterocycles. The normalized spacial score (nSPS) is 23.6. The summed E-state index contributed by atoms with van der Waals surface area (Å²) < 4.78 is 0. The van der Waals surface area contributed by atoms with E-state index < -0.39 is 0 Å². The van der Waals surface area contributed by atoms with E-state index in [9.17, 15) is 0 Å². The van der Waals surface area contributed by atoms with Crippen molar-refractivity contribution in [3.63, 3.8) is 0 Å². The fourth-order valence-electron chi connectivity index (χ4n) is 2.40. The largest absolute Gasteiger partial charge is 0.315 e. The van der Waals surface area contributed by atoms with Gasteiger partial charge in [-0.25, -0.2) is 0 Å². The van der Waals surface area contributed by atoms with Crippen molar-refractivity contribution in [1.82, 2.24) is 10.2 Å². The monoisotopic (exact) mass is 226 g/mol. The zero-order valence-electron chi connectivity index (χ0n) is 11.5. The lowest BCUT2D eigenvalue weighted by Crippen LogP contribution is -2.28. The molecule has 0 aromatic heterocycles. The van der Waals surface area contributed by atoms with Crippen LogP contribution in [0, 0.1) is 5.92 Å². The second kappa shape index (κ2) is 8.08. The molecule has 1 aliphatic rings. The highest BCUT2D eigenvalue weighted by atomic mass is 15.1. The van der Waals surface area contributed by atoms with Crippen molar-refractivity contribution in [3.8, 4) is 0 Å². The first-order valence-corrected chi connectivity index (χ1v) is 7.14. The molecule has 2 heteroatoms. The summed E-state index contributed by atoms with van der Waals surface area (Å²) >= 11 is 0. The number of likely N-dealkylation sites (tertiary alicyclic amines) is 1. The molecule has 1 N–H and O–H groups in total. The van der Waals surface area contributed by atoms with Gasteiger partial charge in [0.25, 0.3) is 0 Å². The van der Waals surface area contributed by atoms with Crippen LogP contribution in [0.15, 0.2) is 0 Å². The molecule has 0 aliphatic carbocycles. The van der Waals surface area contributed by atoms with E-state index in [1.807, 2.05) is 0 Å². The zero-order valence-corrected chi connectivity index (χ0v) is 11.5. The van der Waals surface area contributed by atoms with Crippen molar-refractivity contribution in [2.75, 3.05) is 26.2 Å². The Morgan fingerprint density at radius 3 is 2.75 bits per heavy atom. The Labute approximate surface area is 102 Å². The second-order valence-corrected chi connectivity index (χ2v) is 5.69. The molecule has 1 heterocycles. The number of hydrogen-bond donors (Lipinski definition) is 1. The van der Waals surface area contributed by atoms with E-state index in [2.05, 4.69) is 31.0 Å². The molecule has 1 unspecified atom stereocenters. The van der Waals surface area contributed by atoms with Gasteiger partial charge in [-0.05, 0) is 64.2 Å². The summed E-state index contributed by atoms with van der Waals surface area (Å²) in [5, 5.41) is 3.48. The van der Waals surface area contributed by atoms with Gasteiger partial charge in [-0.1, -0.05) is 20.8 Å². The minimum Gasteiger partial charge on any atom is -0.315 e. The lowest BCUT2D eigenvalue weighted by atomic mass is 10.0. The average Bonchev–Trinajstić information content (AvgIpc) is 2.43. The maximum atomic E-state index is 3.48. The van der Waals surface area contributed by atoms with Crippen LogP contribution in [0.4, 0.5) is 0 Å². The molecule has 16 heavy (non-hydrogen) atoms. The molecule has 2 nitrogen and oxygen atoms in total. The van der Waals surface area contributed by atoms with Crippen LogP contribution in [0.1, 0.15) is 52.9 Å². The van der Waals surface area contributed by atoms with Gasteiger partial charge in [0.05, 0.1) is 0 Å². The van der Waals surface area contributed by atoms with Gasteiger partial charge < -0.3 is 10.2 Å². The number of hydrogen-bond acceptors (Lipinski definition) is 2. The SMILES string of the molecule is CC1CCCN(CCCCNC(C)C)CC1. The van der Waals surface area contributed by atoms with Gasteiger partial charge in [0.1, 0.15) is 0 Å². The summed E-state index contributed by atoms with van der Waals surface area (Å²) in [7, 11) is 0. The first-order chi connectivity index (χ1) is 7.68. The van der Waals surface area contributed by atoms with E-state index >= 15 is 0 Å². The topological polar surface area (TPSA) is 15.3 Å². The van der Waals surface area contributed by atoms with Crippen LogP contribution in [-0.4, -0.2) is 37.1 Å². The average molecular weight is 226 g/mol. The van der Waals surface area contributed by atoms with Crippen LogP contribution < -0.4 is 5.32 Å². The van der Waals surface area contributed by atoms with Crippen LogP contribution in [0.25, 0.3) is 0 Å². The third kappa shape index (κ3) is 6.49. The molecule has 0 saturated carbocycles. The van der Waals surface area contributed by atoms with Crippen molar-refractivity contribution in [2.24, 2.45) is 5.92 Å². The van der Waals surface area contributed by atoms with Gasteiger partial charge in [0.2, 0.25) is 0 Å². The van der Waals surface area contributed by atoms with Gasteiger partial charge in [-0.15, -0.1) is 0 Å². The van der Waals surface area contributed by atoms with E-state index in [4.69, 9.17) is 0 Å². The van der Waals surface area contributed by atoms with Crippen molar-refractivity contribution < 1.29 is 0 Å². The van der Waals surface area contributed by atoms with Crippen LogP contribution in [0.2, 0.25) is 0 Å². The molecule has 1 saturated heterocycles. The predicted octanol–water partition coefficient (Wildman–Crippen LogP) is 2.89. The molecule has 96 valence electrons. The fourth-order valence-corrected chi connectivity index (χ4v) is 2.40. The highest BCUT2D eigenvalue weighted by Gasteiger charge is 2.12. The predicted molar refractivity (Wildman–Crippen MR) is 71.8 cm³/mol. The second-order valence-electron chi connectivity index (χ2n) is 5.69.